The first-order valence-electron chi connectivity index (χ1n) is 7.04. The zero-order valence-corrected chi connectivity index (χ0v) is 12.2. The van der Waals surface area contributed by atoms with Crippen LogP contribution in [-0.2, 0) is 16.0 Å². The summed E-state index contributed by atoms with van der Waals surface area (Å²) in [7, 11) is 0. The number of hydrogen-bond acceptors (Lipinski definition) is 4. The van der Waals surface area contributed by atoms with Gasteiger partial charge in [0.25, 0.3) is 0 Å². The molecule has 0 unspecified atom stereocenters. The molecule has 122 valence electrons. The van der Waals surface area contributed by atoms with Gasteiger partial charge < -0.3 is 21.3 Å². The van der Waals surface area contributed by atoms with Crippen LogP contribution in [0.4, 0.5) is 10.1 Å². The molecule has 0 aliphatic rings. The van der Waals surface area contributed by atoms with Crippen LogP contribution in [0.2, 0.25) is 0 Å². The molecule has 0 amide bonds. The fraction of sp³-hybridized carbons (Fsp3) is 0.467. The number of hydrogen-bond donors (Lipinski definition) is 4. The number of rotatable bonds is 10. The van der Waals surface area contributed by atoms with Crippen LogP contribution in [0, 0.1) is 5.92 Å². The van der Waals surface area contributed by atoms with Gasteiger partial charge in [-0.2, -0.15) is 0 Å². The first-order valence-corrected chi connectivity index (χ1v) is 7.04. The molecule has 0 radical (unpaired) electrons. The van der Waals surface area contributed by atoms with Crippen molar-refractivity contribution in [2.45, 2.75) is 25.3 Å². The van der Waals surface area contributed by atoms with Gasteiger partial charge in [-0.3, -0.25) is 9.59 Å². The molecule has 0 saturated carbocycles. The topological polar surface area (TPSA) is 113 Å². The second kappa shape index (κ2) is 8.99. The quantitative estimate of drug-likeness (QED) is 0.521. The number of halogens is 1. The van der Waals surface area contributed by atoms with E-state index >= 15 is 0 Å². The fourth-order valence-corrected chi connectivity index (χ4v) is 2.05. The maximum Gasteiger partial charge on any atom is 0.320 e. The second-order valence-electron chi connectivity index (χ2n) is 5.07. The number of nitrogens with one attached hydrogen (secondary N) is 1. The van der Waals surface area contributed by atoms with Crippen molar-refractivity contribution in [1.82, 2.24) is 0 Å². The molecule has 0 aliphatic carbocycles. The third-order valence-electron chi connectivity index (χ3n) is 3.35. The summed E-state index contributed by atoms with van der Waals surface area (Å²) in [5.74, 6) is -2.79. The van der Waals surface area contributed by atoms with Gasteiger partial charge in [0, 0.05) is 12.2 Å². The Bertz CT molecular complexity index is 493. The van der Waals surface area contributed by atoms with Crippen LogP contribution < -0.4 is 11.1 Å². The van der Waals surface area contributed by atoms with Crippen molar-refractivity contribution in [2.24, 2.45) is 11.7 Å². The molecule has 1 aromatic rings. The Labute approximate surface area is 128 Å². The summed E-state index contributed by atoms with van der Waals surface area (Å²) in [6.07, 6.45) is 0.609. The van der Waals surface area contributed by atoms with E-state index in [1.54, 1.807) is 24.3 Å². The standard InChI is InChI=1S/C15H21FN2O4/c16-7-8-18-12-4-1-10(2-5-12)9-11(14(19)20)3-6-13(17)15(21)22/h1-2,4-5,11,13,18H,3,6-9,17H2,(H,19,20)(H,21,22)/t11-,13-/m0/s1. The molecule has 1 aromatic carbocycles. The van der Waals surface area contributed by atoms with Crippen molar-refractivity contribution >= 4 is 17.6 Å². The van der Waals surface area contributed by atoms with Gasteiger partial charge in [-0.05, 0) is 37.0 Å². The Balaban J connectivity index is 2.59. The highest BCUT2D eigenvalue weighted by atomic mass is 19.1. The molecule has 0 spiro atoms. The van der Waals surface area contributed by atoms with E-state index in [1.807, 2.05) is 0 Å². The van der Waals surface area contributed by atoms with Crippen LogP contribution in [0.1, 0.15) is 18.4 Å². The van der Waals surface area contributed by atoms with E-state index in [9.17, 15) is 19.1 Å². The molecule has 6 nitrogen and oxygen atoms in total. The van der Waals surface area contributed by atoms with E-state index < -0.39 is 30.6 Å². The van der Waals surface area contributed by atoms with Gasteiger partial charge in [0.15, 0.2) is 0 Å². The summed E-state index contributed by atoms with van der Waals surface area (Å²) in [5.41, 5.74) is 6.98. The molecule has 7 heteroatoms. The van der Waals surface area contributed by atoms with Crippen LogP contribution in [0.3, 0.4) is 0 Å². The number of benzene rings is 1. The summed E-state index contributed by atoms with van der Waals surface area (Å²) in [6.45, 7) is -0.239. The molecule has 0 heterocycles. The predicted molar refractivity (Wildman–Crippen MR) is 80.6 cm³/mol. The Morgan fingerprint density at radius 3 is 2.27 bits per heavy atom. The van der Waals surface area contributed by atoms with E-state index in [4.69, 9.17) is 10.8 Å². The van der Waals surface area contributed by atoms with Gasteiger partial charge >= 0.3 is 11.9 Å². The molecule has 0 fully saturated rings. The summed E-state index contributed by atoms with van der Waals surface area (Å²) in [6, 6.07) is 6.01. The lowest BCUT2D eigenvalue weighted by Crippen LogP contribution is -2.31. The van der Waals surface area contributed by atoms with Crippen molar-refractivity contribution in [3.05, 3.63) is 29.8 Å². The van der Waals surface area contributed by atoms with Crippen molar-refractivity contribution in [2.75, 3.05) is 18.5 Å². The largest absolute Gasteiger partial charge is 0.481 e. The first kappa shape index (κ1) is 17.9. The predicted octanol–water partition coefficient (Wildman–Crippen LogP) is 1.50. The lowest BCUT2D eigenvalue weighted by atomic mass is 9.93. The lowest BCUT2D eigenvalue weighted by molar-refractivity contribution is -0.143. The van der Waals surface area contributed by atoms with Gasteiger partial charge in [0.05, 0.1) is 5.92 Å². The minimum absolute atomic E-state index is 0.114. The molecule has 1 rings (SSSR count). The van der Waals surface area contributed by atoms with Crippen molar-refractivity contribution in [3.63, 3.8) is 0 Å². The number of aliphatic carboxylic acids is 2. The van der Waals surface area contributed by atoms with Crippen molar-refractivity contribution in [1.29, 1.82) is 0 Å². The number of alkyl halides is 1. The Morgan fingerprint density at radius 2 is 1.77 bits per heavy atom. The first-order chi connectivity index (χ1) is 10.4. The monoisotopic (exact) mass is 312 g/mol. The van der Waals surface area contributed by atoms with E-state index in [-0.39, 0.29) is 19.4 Å². The minimum Gasteiger partial charge on any atom is -0.481 e. The van der Waals surface area contributed by atoms with Gasteiger partial charge in [0.1, 0.15) is 12.7 Å². The average molecular weight is 312 g/mol. The van der Waals surface area contributed by atoms with Crippen LogP contribution in [0.25, 0.3) is 0 Å². The molecular formula is C15H21FN2O4. The van der Waals surface area contributed by atoms with E-state index in [0.717, 1.165) is 11.3 Å². The highest BCUT2D eigenvalue weighted by Gasteiger charge is 2.21. The van der Waals surface area contributed by atoms with E-state index in [2.05, 4.69) is 5.32 Å². The number of carboxylic acid groups (broad SMARTS) is 2. The lowest BCUT2D eigenvalue weighted by Gasteiger charge is -2.14. The van der Waals surface area contributed by atoms with Crippen molar-refractivity contribution in [3.8, 4) is 0 Å². The summed E-state index contributed by atoms with van der Waals surface area (Å²) in [5, 5.41) is 20.8. The van der Waals surface area contributed by atoms with Crippen molar-refractivity contribution < 1.29 is 24.2 Å². The Kier molecular flexibility index (Phi) is 7.31. The average Bonchev–Trinajstić information content (AvgIpc) is 2.49. The number of nitrogens with two attached hydrogens (primary N) is 1. The highest BCUT2D eigenvalue weighted by molar-refractivity contribution is 5.73. The van der Waals surface area contributed by atoms with Crippen LogP contribution >= 0.6 is 0 Å². The smallest absolute Gasteiger partial charge is 0.320 e. The second-order valence-corrected chi connectivity index (χ2v) is 5.07. The third kappa shape index (κ3) is 6.09. The number of carboxylic acids is 2. The van der Waals surface area contributed by atoms with Crippen LogP contribution in [0.15, 0.2) is 24.3 Å². The Hall–Kier alpha value is -2.15. The van der Waals surface area contributed by atoms with Gasteiger partial charge in [-0.25, -0.2) is 4.39 Å². The van der Waals surface area contributed by atoms with Gasteiger partial charge in [-0.15, -0.1) is 0 Å². The molecule has 5 N–H and O–H groups in total. The normalized spacial score (nSPS) is 13.4. The molecule has 0 aliphatic heterocycles. The fourth-order valence-electron chi connectivity index (χ4n) is 2.05. The molecule has 2 atom stereocenters. The molecular weight excluding hydrogens is 291 g/mol. The SMILES string of the molecule is N[C@@H](CC[C@@H](Cc1ccc(NCCF)cc1)C(=O)O)C(=O)O. The molecule has 22 heavy (non-hydrogen) atoms. The van der Waals surface area contributed by atoms with Crippen LogP contribution in [-0.4, -0.2) is 41.4 Å². The zero-order valence-electron chi connectivity index (χ0n) is 12.2. The highest BCUT2D eigenvalue weighted by Crippen LogP contribution is 2.18. The molecule has 0 aromatic heterocycles. The zero-order chi connectivity index (χ0) is 16.5. The van der Waals surface area contributed by atoms with Crippen LogP contribution in [0.5, 0.6) is 0 Å². The van der Waals surface area contributed by atoms with E-state index in [1.165, 1.54) is 0 Å². The minimum atomic E-state index is -1.13. The summed E-state index contributed by atoms with van der Waals surface area (Å²) < 4.78 is 12.0. The third-order valence-corrected chi connectivity index (χ3v) is 3.35. The maximum absolute atomic E-state index is 12.0. The maximum atomic E-state index is 12.0. The molecule has 0 bridgehead atoms. The number of carbonyl (C=O) groups is 2. The molecule has 0 saturated heterocycles. The van der Waals surface area contributed by atoms with Gasteiger partial charge in [0.2, 0.25) is 0 Å². The summed E-state index contributed by atoms with van der Waals surface area (Å²) in [4.78, 5) is 21.9. The van der Waals surface area contributed by atoms with E-state index in [0.29, 0.717) is 6.42 Å². The number of anilines is 1. The van der Waals surface area contributed by atoms with Gasteiger partial charge in [-0.1, -0.05) is 12.1 Å². The summed E-state index contributed by atoms with van der Waals surface area (Å²) >= 11 is 0. The Morgan fingerprint density at radius 1 is 1.14 bits per heavy atom.